The Hall–Kier alpha value is -0.610. The minimum Gasteiger partial charge on any atom is -0.461 e. The largest absolute Gasteiger partial charge is 0.461 e. The van der Waals surface area contributed by atoms with Gasteiger partial charge in [0.25, 0.3) is 0 Å². The van der Waals surface area contributed by atoms with Crippen LogP contribution in [0.15, 0.2) is 0 Å². The third-order valence-electron chi connectivity index (χ3n) is 1.54. The number of hydrogen-bond donors (Lipinski definition) is 1. The Kier molecular flexibility index (Phi) is 5.66. The summed E-state index contributed by atoms with van der Waals surface area (Å²) in [6, 6.07) is 0. The van der Waals surface area contributed by atoms with Gasteiger partial charge >= 0.3 is 5.97 Å². The summed E-state index contributed by atoms with van der Waals surface area (Å²) in [4.78, 5) is 11.0. The van der Waals surface area contributed by atoms with E-state index in [1.54, 1.807) is 13.8 Å². The molecule has 0 radical (unpaired) electrons. The van der Waals surface area contributed by atoms with Crippen molar-refractivity contribution in [1.29, 1.82) is 0 Å². The van der Waals surface area contributed by atoms with E-state index in [1.807, 2.05) is 0 Å². The van der Waals surface area contributed by atoms with E-state index < -0.39 is 12.1 Å². The fourth-order valence-corrected chi connectivity index (χ4v) is 0.631. The fourth-order valence-electron chi connectivity index (χ4n) is 0.631. The quantitative estimate of drug-likeness (QED) is 0.613. The number of rotatable bonds is 5. The lowest BCUT2D eigenvalue weighted by molar-refractivity contribution is -0.159. The van der Waals surface area contributed by atoms with E-state index >= 15 is 0 Å². The average molecular weight is 176 g/mol. The molecule has 4 nitrogen and oxygen atoms in total. The first kappa shape index (κ1) is 11.4. The summed E-state index contributed by atoms with van der Waals surface area (Å²) in [6.45, 7) is 3.38. The number of carbonyl (C=O) groups excluding carboxylic acids is 1. The molecule has 0 unspecified atom stereocenters. The van der Waals surface area contributed by atoms with Crippen LogP contribution in [0, 0.1) is 0 Å². The Morgan fingerprint density at radius 2 is 2.08 bits per heavy atom. The van der Waals surface area contributed by atoms with Gasteiger partial charge in [-0.25, -0.2) is 4.79 Å². The molecule has 2 atom stereocenters. The number of carbonyl (C=O) groups is 1. The van der Waals surface area contributed by atoms with E-state index in [9.17, 15) is 4.79 Å². The zero-order chi connectivity index (χ0) is 9.56. The number of esters is 1. The van der Waals surface area contributed by atoms with Crippen molar-refractivity contribution < 1.29 is 19.4 Å². The van der Waals surface area contributed by atoms with Crippen LogP contribution in [-0.4, -0.2) is 37.0 Å². The molecule has 72 valence electrons. The first-order valence-corrected chi connectivity index (χ1v) is 3.96. The van der Waals surface area contributed by atoms with Crippen LogP contribution in [0.25, 0.3) is 0 Å². The Bertz CT molecular complexity index is 135. The van der Waals surface area contributed by atoms with Crippen molar-refractivity contribution >= 4 is 5.97 Å². The lowest BCUT2D eigenvalue weighted by atomic mass is 10.3. The van der Waals surface area contributed by atoms with Crippen LogP contribution >= 0.6 is 0 Å². The average Bonchev–Trinajstić information content (AvgIpc) is 2.03. The van der Waals surface area contributed by atoms with Crippen molar-refractivity contribution in [1.82, 2.24) is 0 Å². The van der Waals surface area contributed by atoms with Crippen LogP contribution < -0.4 is 0 Å². The molecule has 12 heavy (non-hydrogen) atoms. The summed E-state index contributed by atoms with van der Waals surface area (Å²) in [7, 11) is 1.45. The SMILES string of the molecule is CO[C@@H](C)C(=O)O[C@@H](C)CCO. The number of ether oxygens (including phenoxy) is 2. The molecule has 0 saturated heterocycles. The molecule has 1 N–H and O–H groups in total. The first-order valence-electron chi connectivity index (χ1n) is 3.96. The molecule has 0 aliphatic heterocycles. The topological polar surface area (TPSA) is 55.8 Å². The molecule has 0 amide bonds. The van der Waals surface area contributed by atoms with Gasteiger partial charge in [-0.1, -0.05) is 0 Å². The molecule has 0 aromatic rings. The molecule has 0 aromatic carbocycles. The highest BCUT2D eigenvalue weighted by molar-refractivity contribution is 5.74. The molecule has 4 heteroatoms. The lowest BCUT2D eigenvalue weighted by Crippen LogP contribution is -2.26. The third-order valence-corrected chi connectivity index (χ3v) is 1.54. The smallest absolute Gasteiger partial charge is 0.335 e. The standard InChI is InChI=1S/C8H16O4/c1-6(4-5-9)12-8(10)7(2)11-3/h6-7,9H,4-5H2,1-3H3/t6-,7-/m0/s1. The van der Waals surface area contributed by atoms with Crippen molar-refractivity contribution in [3.05, 3.63) is 0 Å². The van der Waals surface area contributed by atoms with Crippen molar-refractivity contribution in [2.24, 2.45) is 0 Å². The second-order valence-electron chi connectivity index (χ2n) is 2.64. The van der Waals surface area contributed by atoms with Gasteiger partial charge in [0.1, 0.15) is 6.10 Å². The monoisotopic (exact) mass is 176 g/mol. The zero-order valence-electron chi connectivity index (χ0n) is 7.74. The van der Waals surface area contributed by atoms with Crippen molar-refractivity contribution in [2.45, 2.75) is 32.5 Å². The van der Waals surface area contributed by atoms with Gasteiger partial charge in [-0.15, -0.1) is 0 Å². The number of aliphatic hydroxyl groups excluding tert-OH is 1. The highest BCUT2D eigenvalue weighted by Gasteiger charge is 2.15. The molecule has 0 bridgehead atoms. The van der Waals surface area contributed by atoms with Gasteiger partial charge in [0, 0.05) is 20.1 Å². The molecule has 0 aromatic heterocycles. The molecule has 0 aliphatic rings. The van der Waals surface area contributed by atoms with E-state index in [4.69, 9.17) is 14.6 Å². The van der Waals surface area contributed by atoms with E-state index in [2.05, 4.69) is 0 Å². The van der Waals surface area contributed by atoms with Gasteiger partial charge in [-0.05, 0) is 13.8 Å². The van der Waals surface area contributed by atoms with Gasteiger partial charge < -0.3 is 14.6 Å². The third kappa shape index (κ3) is 4.31. The van der Waals surface area contributed by atoms with E-state index in [0.29, 0.717) is 6.42 Å². The number of hydrogen-bond acceptors (Lipinski definition) is 4. The molecular weight excluding hydrogens is 160 g/mol. The first-order chi connectivity index (χ1) is 5.61. The number of methoxy groups -OCH3 is 1. The van der Waals surface area contributed by atoms with Gasteiger partial charge in [-0.3, -0.25) is 0 Å². The summed E-state index contributed by atoms with van der Waals surface area (Å²) in [5.41, 5.74) is 0. The predicted molar refractivity (Wildman–Crippen MR) is 43.7 cm³/mol. The maximum atomic E-state index is 11.0. The maximum Gasteiger partial charge on any atom is 0.335 e. The summed E-state index contributed by atoms with van der Waals surface area (Å²) < 4.78 is 9.67. The summed E-state index contributed by atoms with van der Waals surface area (Å²) >= 11 is 0. The molecule has 0 aliphatic carbocycles. The second-order valence-corrected chi connectivity index (χ2v) is 2.64. The summed E-state index contributed by atoms with van der Waals surface area (Å²) in [6.07, 6.45) is -0.325. The van der Waals surface area contributed by atoms with Crippen molar-refractivity contribution in [3.8, 4) is 0 Å². The van der Waals surface area contributed by atoms with Crippen LogP contribution in [0.1, 0.15) is 20.3 Å². The van der Waals surface area contributed by atoms with Crippen LogP contribution in [0.3, 0.4) is 0 Å². The Morgan fingerprint density at radius 3 is 2.50 bits per heavy atom. The van der Waals surface area contributed by atoms with Gasteiger partial charge in [0.2, 0.25) is 0 Å². The van der Waals surface area contributed by atoms with Crippen molar-refractivity contribution in [2.75, 3.05) is 13.7 Å². The van der Waals surface area contributed by atoms with Crippen molar-refractivity contribution in [3.63, 3.8) is 0 Å². The lowest BCUT2D eigenvalue weighted by Gasteiger charge is -2.14. The van der Waals surface area contributed by atoms with Crippen LogP contribution in [0.5, 0.6) is 0 Å². The van der Waals surface area contributed by atoms with Gasteiger partial charge in [0.15, 0.2) is 6.10 Å². The Morgan fingerprint density at radius 1 is 1.50 bits per heavy atom. The predicted octanol–water partition coefficient (Wildman–Crippen LogP) is 0.335. The maximum absolute atomic E-state index is 11.0. The molecular formula is C8H16O4. The molecule has 0 heterocycles. The normalized spacial score (nSPS) is 15.3. The second kappa shape index (κ2) is 5.97. The highest BCUT2D eigenvalue weighted by atomic mass is 16.6. The highest BCUT2D eigenvalue weighted by Crippen LogP contribution is 2.00. The van der Waals surface area contributed by atoms with Crippen LogP contribution in [0.2, 0.25) is 0 Å². The molecule has 0 rings (SSSR count). The van der Waals surface area contributed by atoms with Crippen LogP contribution in [0.4, 0.5) is 0 Å². The molecule has 0 saturated carbocycles. The molecule has 0 spiro atoms. The minimum atomic E-state index is -0.536. The number of aliphatic hydroxyl groups is 1. The summed E-state index contributed by atoms with van der Waals surface area (Å²) in [5, 5.41) is 8.52. The molecule has 0 fully saturated rings. The zero-order valence-corrected chi connectivity index (χ0v) is 7.74. The Labute approximate surface area is 72.5 Å². The van der Waals surface area contributed by atoms with E-state index in [-0.39, 0.29) is 12.7 Å². The summed E-state index contributed by atoms with van der Waals surface area (Å²) in [5.74, 6) is -0.390. The Balaban J connectivity index is 3.67. The van der Waals surface area contributed by atoms with E-state index in [0.717, 1.165) is 0 Å². The van der Waals surface area contributed by atoms with Gasteiger partial charge in [-0.2, -0.15) is 0 Å². The fraction of sp³-hybridized carbons (Fsp3) is 0.875. The van der Waals surface area contributed by atoms with Gasteiger partial charge in [0.05, 0.1) is 0 Å². The van der Waals surface area contributed by atoms with Crippen LogP contribution in [-0.2, 0) is 14.3 Å². The van der Waals surface area contributed by atoms with E-state index in [1.165, 1.54) is 7.11 Å². The minimum absolute atomic E-state index is 0.0236.